The highest BCUT2D eigenvalue weighted by atomic mass is 35.5. The summed E-state index contributed by atoms with van der Waals surface area (Å²) in [5.41, 5.74) is 0. The van der Waals surface area contributed by atoms with Crippen LogP contribution in [0.1, 0.15) is 0 Å². The molecule has 0 heterocycles. The fourth-order valence-corrected chi connectivity index (χ4v) is 1.06. The van der Waals surface area contributed by atoms with E-state index < -0.39 is 0 Å². The molecule has 0 N–H and O–H groups in total. The molecule has 1 nitrogen and oxygen atoms in total. The molecule has 50 valence electrons. The maximum atomic E-state index is 8.27. The summed E-state index contributed by atoms with van der Waals surface area (Å²) in [6, 6.07) is 7.16. The van der Waals surface area contributed by atoms with E-state index in [2.05, 4.69) is 0 Å². The van der Waals surface area contributed by atoms with E-state index in [1.807, 2.05) is 17.5 Å². The average Bonchev–Trinajstić information content (AvgIpc) is 1.95. The molecule has 1 aromatic rings. The van der Waals surface area contributed by atoms with Gasteiger partial charge in [0.1, 0.15) is 5.40 Å². The monoisotopic (exact) mass is 181 g/mol. The zero-order valence-corrected chi connectivity index (χ0v) is 6.62. The second kappa shape index (κ2) is 3.50. The first-order valence-electron chi connectivity index (χ1n) is 2.64. The van der Waals surface area contributed by atoms with Crippen LogP contribution in [0.4, 0.5) is 0 Å². The number of hydrogen-bond acceptors (Lipinski definition) is 2. The van der Waals surface area contributed by atoms with Crippen LogP contribution in [0.3, 0.4) is 0 Å². The summed E-state index contributed by atoms with van der Waals surface area (Å²) in [4.78, 5) is 0.923. The molecular formula is C7H4ClNS. The lowest BCUT2D eigenvalue weighted by atomic mass is 11.8. The minimum atomic E-state index is 0.697. The third-order valence-electron chi connectivity index (χ3n) is 0.977. The summed E-state index contributed by atoms with van der Waals surface area (Å²) < 4.78 is 0. The first-order chi connectivity index (χ1) is 4.83. The third kappa shape index (κ3) is 1.94. The van der Waals surface area contributed by atoms with E-state index in [9.17, 15) is 0 Å². The van der Waals surface area contributed by atoms with Gasteiger partial charge in [-0.15, -0.1) is 0 Å². The molecule has 10 heavy (non-hydrogen) atoms. The zero-order valence-electron chi connectivity index (χ0n) is 5.04. The Hall–Kier alpha value is -0.650. The van der Waals surface area contributed by atoms with Gasteiger partial charge in [-0.25, -0.2) is 0 Å². The Kier molecular flexibility index (Phi) is 2.61. The number of thioether (sulfide) groups is 1. The molecule has 0 spiro atoms. The van der Waals surface area contributed by atoms with E-state index in [-0.39, 0.29) is 0 Å². The Balaban J connectivity index is 2.81. The predicted molar refractivity (Wildman–Crippen MR) is 42.9 cm³/mol. The van der Waals surface area contributed by atoms with Crippen molar-refractivity contribution >= 4 is 23.4 Å². The van der Waals surface area contributed by atoms with Gasteiger partial charge in [0.2, 0.25) is 0 Å². The van der Waals surface area contributed by atoms with E-state index in [0.717, 1.165) is 16.7 Å². The van der Waals surface area contributed by atoms with Crippen molar-refractivity contribution in [3.8, 4) is 5.40 Å². The molecule has 0 aromatic heterocycles. The van der Waals surface area contributed by atoms with Crippen molar-refractivity contribution in [1.82, 2.24) is 0 Å². The number of nitrogens with zero attached hydrogens (tertiary/aromatic N) is 1. The van der Waals surface area contributed by atoms with Crippen molar-refractivity contribution in [2.75, 3.05) is 0 Å². The van der Waals surface area contributed by atoms with Gasteiger partial charge in [0.05, 0.1) is 0 Å². The molecular weight excluding hydrogens is 178 g/mol. The van der Waals surface area contributed by atoms with E-state index in [4.69, 9.17) is 16.9 Å². The highest BCUT2D eigenvalue weighted by molar-refractivity contribution is 8.03. The molecule has 1 rings (SSSR count). The SMILES string of the molecule is N#CS[14c]1[14cH][14cH][14c](Cl)[14cH][14cH]1. The van der Waals surface area contributed by atoms with Gasteiger partial charge in [0.25, 0.3) is 0 Å². The van der Waals surface area contributed by atoms with Gasteiger partial charge >= 0.3 is 0 Å². The van der Waals surface area contributed by atoms with Crippen LogP contribution in [0.5, 0.6) is 0 Å². The van der Waals surface area contributed by atoms with Crippen LogP contribution < -0.4 is 0 Å². The molecule has 0 aliphatic heterocycles. The standard InChI is InChI=1S/C7H4ClNS/c8-6-1-3-7(4-2-6)10-5-9/h1-4H/i1+2,2+2,3+2,4+2,6+2,7+2. The number of halogens is 1. The van der Waals surface area contributed by atoms with Crippen molar-refractivity contribution in [3.05, 3.63) is 29.3 Å². The first kappa shape index (κ1) is 7.46. The van der Waals surface area contributed by atoms with Gasteiger partial charge in [-0.3, -0.25) is 0 Å². The summed E-state index contributed by atoms with van der Waals surface area (Å²) in [5.74, 6) is 0. The largest absolute Gasteiger partial charge is 0.185 e. The van der Waals surface area contributed by atoms with E-state index >= 15 is 0 Å². The topological polar surface area (TPSA) is 23.8 Å². The van der Waals surface area contributed by atoms with Crippen molar-refractivity contribution in [2.24, 2.45) is 0 Å². The van der Waals surface area contributed by atoms with Gasteiger partial charge in [0.15, 0.2) is 0 Å². The molecule has 0 unspecified atom stereocenters. The van der Waals surface area contributed by atoms with Crippen LogP contribution in [0.15, 0.2) is 29.2 Å². The molecule has 0 saturated carbocycles. The van der Waals surface area contributed by atoms with Crippen LogP contribution >= 0.6 is 23.4 Å². The average molecular weight is 182 g/mol. The Morgan fingerprint density at radius 1 is 1.30 bits per heavy atom. The number of rotatable bonds is 1. The number of nitriles is 1. The van der Waals surface area contributed by atoms with Crippen molar-refractivity contribution in [2.45, 2.75) is 4.90 Å². The van der Waals surface area contributed by atoms with Crippen molar-refractivity contribution in [3.63, 3.8) is 0 Å². The van der Waals surface area contributed by atoms with E-state index in [1.165, 1.54) is 0 Å². The van der Waals surface area contributed by atoms with E-state index in [0.29, 0.717) is 5.02 Å². The van der Waals surface area contributed by atoms with Crippen LogP contribution in [0, 0.1) is 10.7 Å². The fraction of sp³-hybridized carbons (Fsp3) is 0. The fourth-order valence-electron chi connectivity index (χ4n) is 0.555. The lowest BCUT2D eigenvalue weighted by molar-refractivity contribution is 1.47. The first-order valence-corrected chi connectivity index (χ1v) is 3.84. The van der Waals surface area contributed by atoms with Gasteiger partial charge in [-0.1, -0.05) is 11.6 Å². The third-order valence-corrected chi connectivity index (χ3v) is 1.83. The van der Waals surface area contributed by atoms with Crippen LogP contribution in [-0.2, 0) is 0 Å². The van der Waals surface area contributed by atoms with E-state index in [1.54, 1.807) is 12.1 Å². The molecule has 0 fully saturated rings. The lowest BCUT2D eigenvalue weighted by Gasteiger charge is -1.90. The maximum absolute atomic E-state index is 8.27. The minimum absolute atomic E-state index is 0.697. The molecule has 0 radical (unpaired) electrons. The van der Waals surface area contributed by atoms with Crippen LogP contribution in [-0.4, -0.2) is 0 Å². The maximum Gasteiger partial charge on any atom is 0.138 e. The molecule has 0 bridgehead atoms. The van der Waals surface area contributed by atoms with Crippen LogP contribution in [0.25, 0.3) is 0 Å². The molecule has 1 aromatic carbocycles. The van der Waals surface area contributed by atoms with Crippen LogP contribution in [0.2, 0.25) is 5.02 Å². The molecule has 0 aliphatic carbocycles. The lowest BCUT2D eigenvalue weighted by Crippen LogP contribution is -1.66. The summed E-state index contributed by atoms with van der Waals surface area (Å²) >= 11 is 6.75. The Labute approximate surface area is 68.6 Å². The number of benzene rings is 1. The van der Waals surface area contributed by atoms with Gasteiger partial charge < -0.3 is 0 Å². The number of thiocyanates is 1. The molecule has 0 atom stereocenters. The second-order valence-corrected chi connectivity index (χ2v) is 2.94. The van der Waals surface area contributed by atoms with Gasteiger partial charge in [0, 0.05) is 9.92 Å². The summed E-state index contributed by atoms with van der Waals surface area (Å²) in [5, 5.41) is 10.9. The minimum Gasteiger partial charge on any atom is -0.185 e. The Morgan fingerprint density at radius 2 is 1.90 bits per heavy atom. The summed E-state index contributed by atoms with van der Waals surface area (Å²) in [6.07, 6.45) is 0. The smallest absolute Gasteiger partial charge is 0.138 e. The second-order valence-electron chi connectivity index (χ2n) is 1.65. The molecule has 0 amide bonds. The van der Waals surface area contributed by atoms with Crippen molar-refractivity contribution in [1.29, 1.82) is 5.26 Å². The normalized spacial score (nSPS) is 8.80. The highest BCUT2D eigenvalue weighted by Gasteiger charge is 1.90. The predicted octanol–water partition coefficient (Wildman–Crippen LogP) is 2.91. The van der Waals surface area contributed by atoms with Gasteiger partial charge in [-0.2, -0.15) is 5.26 Å². The highest BCUT2D eigenvalue weighted by Crippen LogP contribution is 2.18. The molecule has 0 saturated heterocycles. The van der Waals surface area contributed by atoms with Crippen molar-refractivity contribution < 1.29 is 0 Å². The molecule has 3 heteroatoms. The summed E-state index contributed by atoms with van der Waals surface area (Å²) in [7, 11) is 0. The zero-order chi connectivity index (χ0) is 7.40. The summed E-state index contributed by atoms with van der Waals surface area (Å²) in [6.45, 7) is 0. The Bertz CT molecular complexity index is 249. The quantitative estimate of drug-likeness (QED) is 0.491. The van der Waals surface area contributed by atoms with Gasteiger partial charge in [-0.05, 0) is 36.0 Å². The number of hydrogen-bond donors (Lipinski definition) is 0. The Morgan fingerprint density at radius 3 is 2.40 bits per heavy atom. The molecule has 0 aliphatic rings.